The van der Waals surface area contributed by atoms with E-state index in [2.05, 4.69) is 10.5 Å². The summed E-state index contributed by atoms with van der Waals surface area (Å²) in [7, 11) is 0. The van der Waals surface area contributed by atoms with Gasteiger partial charge in [-0.25, -0.2) is 0 Å². The van der Waals surface area contributed by atoms with Gasteiger partial charge in [-0.2, -0.15) is 0 Å². The molecule has 2 unspecified atom stereocenters. The number of aliphatic carboxylic acids is 1. The van der Waals surface area contributed by atoms with Crippen LogP contribution in [0.4, 0.5) is 0 Å². The predicted molar refractivity (Wildman–Crippen MR) is 66.0 cm³/mol. The summed E-state index contributed by atoms with van der Waals surface area (Å²) >= 11 is 0. The zero-order chi connectivity index (χ0) is 13.0. The average molecular weight is 252 g/mol. The molecule has 18 heavy (non-hydrogen) atoms. The Morgan fingerprint density at radius 2 is 2.33 bits per heavy atom. The molecule has 0 aromatic carbocycles. The van der Waals surface area contributed by atoms with Crippen molar-refractivity contribution in [3.63, 3.8) is 0 Å². The van der Waals surface area contributed by atoms with Gasteiger partial charge in [0.15, 0.2) is 5.76 Å². The lowest BCUT2D eigenvalue weighted by molar-refractivity contribution is -0.144. The van der Waals surface area contributed by atoms with E-state index in [0.717, 1.165) is 43.7 Å². The number of hydrogen-bond donors (Lipinski definition) is 2. The lowest BCUT2D eigenvalue weighted by Crippen LogP contribution is -2.34. The molecule has 1 saturated carbocycles. The summed E-state index contributed by atoms with van der Waals surface area (Å²) < 4.78 is 5.10. The van der Waals surface area contributed by atoms with Crippen LogP contribution in [0.2, 0.25) is 0 Å². The number of carbonyl (C=O) groups is 1. The molecular formula is C13H20N2O3. The highest BCUT2D eigenvalue weighted by Gasteiger charge is 2.30. The Balaban J connectivity index is 1.79. The smallest absolute Gasteiger partial charge is 0.306 e. The van der Waals surface area contributed by atoms with Crippen LogP contribution in [0.25, 0.3) is 0 Å². The van der Waals surface area contributed by atoms with Gasteiger partial charge in [0.2, 0.25) is 0 Å². The minimum absolute atomic E-state index is 0.192. The van der Waals surface area contributed by atoms with Crippen LogP contribution in [-0.4, -0.2) is 22.8 Å². The Morgan fingerprint density at radius 1 is 1.56 bits per heavy atom. The summed E-state index contributed by atoms with van der Waals surface area (Å²) in [5, 5.41) is 16.3. The normalized spacial score (nSPS) is 24.1. The third-order valence-corrected chi connectivity index (χ3v) is 3.61. The highest BCUT2D eigenvalue weighted by atomic mass is 16.5. The van der Waals surface area contributed by atoms with Crippen LogP contribution in [0.15, 0.2) is 10.6 Å². The van der Waals surface area contributed by atoms with Gasteiger partial charge in [0.25, 0.3) is 0 Å². The summed E-state index contributed by atoms with van der Waals surface area (Å²) in [6.45, 7) is 3.23. The highest BCUT2D eigenvalue weighted by molar-refractivity contribution is 5.70. The Labute approximate surface area is 107 Å². The van der Waals surface area contributed by atoms with Crippen molar-refractivity contribution in [2.24, 2.45) is 11.8 Å². The molecule has 1 aliphatic rings. The lowest BCUT2D eigenvalue weighted by Gasteiger charge is -2.28. The molecule has 2 N–H and O–H groups in total. The van der Waals surface area contributed by atoms with E-state index in [9.17, 15) is 9.90 Å². The van der Waals surface area contributed by atoms with Gasteiger partial charge in [0, 0.05) is 6.07 Å². The molecule has 0 spiro atoms. The van der Waals surface area contributed by atoms with Gasteiger partial charge in [-0.05, 0) is 32.2 Å². The standard InChI is InChI=1S/C13H20N2O3/c1-9-6-11(18-15-9)8-14-7-10-4-2-3-5-12(10)13(16)17/h6,10,12,14H,2-5,7-8H2,1H3,(H,16,17). The predicted octanol–water partition coefficient (Wildman–Crippen LogP) is 1.96. The van der Waals surface area contributed by atoms with Gasteiger partial charge in [0.1, 0.15) is 0 Å². The van der Waals surface area contributed by atoms with E-state index in [-0.39, 0.29) is 11.8 Å². The molecule has 1 aromatic heterocycles. The molecule has 0 aliphatic heterocycles. The Morgan fingerprint density at radius 3 is 3.00 bits per heavy atom. The molecule has 0 amide bonds. The monoisotopic (exact) mass is 252 g/mol. The number of nitrogens with one attached hydrogen (secondary N) is 1. The van der Waals surface area contributed by atoms with Crippen molar-refractivity contribution < 1.29 is 14.4 Å². The quantitative estimate of drug-likeness (QED) is 0.838. The van der Waals surface area contributed by atoms with Crippen LogP contribution in [0.3, 0.4) is 0 Å². The van der Waals surface area contributed by atoms with Crippen LogP contribution in [-0.2, 0) is 11.3 Å². The summed E-state index contributed by atoms with van der Waals surface area (Å²) in [6, 6.07) is 1.89. The van der Waals surface area contributed by atoms with Crippen LogP contribution in [0, 0.1) is 18.8 Å². The number of rotatable bonds is 5. The zero-order valence-electron chi connectivity index (χ0n) is 10.7. The van der Waals surface area contributed by atoms with Gasteiger partial charge >= 0.3 is 5.97 Å². The second-order valence-electron chi connectivity index (χ2n) is 5.05. The van der Waals surface area contributed by atoms with E-state index in [1.54, 1.807) is 0 Å². The first-order valence-electron chi connectivity index (χ1n) is 6.52. The number of aryl methyl sites for hydroxylation is 1. The van der Waals surface area contributed by atoms with Crippen molar-refractivity contribution in [1.82, 2.24) is 10.5 Å². The number of aromatic nitrogens is 1. The minimum Gasteiger partial charge on any atom is -0.481 e. The molecule has 1 fully saturated rings. The van der Waals surface area contributed by atoms with Crippen LogP contribution < -0.4 is 5.32 Å². The van der Waals surface area contributed by atoms with Crippen molar-refractivity contribution in [2.45, 2.75) is 39.2 Å². The Hall–Kier alpha value is -1.36. The molecule has 0 bridgehead atoms. The van der Waals surface area contributed by atoms with Gasteiger partial charge in [-0.15, -0.1) is 0 Å². The number of hydrogen-bond acceptors (Lipinski definition) is 4. The maximum atomic E-state index is 11.1. The van der Waals surface area contributed by atoms with Gasteiger partial charge < -0.3 is 14.9 Å². The number of nitrogens with zero attached hydrogens (tertiary/aromatic N) is 1. The molecule has 2 atom stereocenters. The van der Waals surface area contributed by atoms with E-state index in [1.165, 1.54) is 0 Å². The highest BCUT2D eigenvalue weighted by Crippen LogP contribution is 2.29. The maximum Gasteiger partial charge on any atom is 0.306 e. The van der Waals surface area contributed by atoms with E-state index >= 15 is 0 Å². The fourth-order valence-corrected chi connectivity index (χ4v) is 2.66. The second kappa shape index (κ2) is 6.00. The first-order chi connectivity index (χ1) is 8.66. The van der Waals surface area contributed by atoms with E-state index in [0.29, 0.717) is 6.54 Å². The third-order valence-electron chi connectivity index (χ3n) is 3.61. The van der Waals surface area contributed by atoms with Crippen molar-refractivity contribution in [3.8, 4) is 0 Å². The zero-order valence-corrected chi connectivity index (χ0v) is 10.7. The molecule has 100 valence electrons. The molecule has 1 heterocycles. The minimum atomic E-state index is -0.656. The van der Waals surface area contributed by atoms with Gasteiger partial charge in [-0.1, -0.05) is 18.0 Å². The molecule has 0 saturated heterocycles. The largest absolute Gasteiger partial charge is 0.481 e. The van der Waals surface area contributed by atoms with Crippen LogP contribution in [0.1, 0.15) is 37.1 Å². The summed E-state index contributed by atoms with van der Waals surface area (Å²) in [6.07, 6.45) is 3.98. The van der Waals surface area contributed by atoms with Gasteiger partial charge in [0.05, 0.1) is 18.2 Å². The van der Waals surface area contributed by atoms with Crippen molar-refractivity contribution >= 4 is 5.97 Å². The summed E-state index contributed by atoms with van der Waals surface area (Å²) in [4.78, 5) is 11.1. The summed E-state index contributed by atoms with van der Waals surface area (Å²) in [5.41, 5.74) is 0.868. The van der Waals surface area contributed by atoms with Crippen LogP contribution in [0.5, 0.6) is 0 Å². The number of carboxylic acids is 1. The first kappa shape index (κ1) is 13.1. The second-order valence-corrected chi connectivity index (χ2v) is 5.05. The first-order valence-corrected chi connectivity index (χ1v) is 6.52. The molecule has 5 nitrogen and oxygen atoms in total. The third kappa shape index (κ3) is 3.32. The fourth-order valence-electron chi connectivity index (χ4n) is 2.66. The van der Waals surface area contributed by atoms with E-state index < -0.39 is 5.97 Å². The molecule has 0 radical (unpaired) electrons. The Bertz CT molecular complexity index is 403. The van der Waals surface area contributed by atoms with Gasteiger partial charge in [-0.3, -0.25) is 4.79 Å². The SMILES string of the molecule is Cc1cc(CNCC2CCCCC2C(=O)O)on1. The molecule has 2 rings (SSSR count). The Kier molecular flexibility index (Phi) is 4.36. The number of carboxylic acid groups (broad SMARTS) is 1. The van der Waals surface area contributed by atoms with Crippen molar-refractivity contribution in [1.29, 1.82) is 0 Å². The van der Waals surface area contributed by atoms with Crippen molar-refractivity contribution in [3.05, 3.63) is 17.5 Å². The molecule has 1 aliphatic carbocycles. The van der Waals surface area contributed by atoms with Crippen molar-refractivity contribution in [2.75, 3.05) is 6.54 Å². The fraction of sp³-hybridized carbons (Fsp3) is 0.692. The summed E-state index contributed by atoms with van der Waals surface area (Å²) in [5.74, 6) is 0.190. The lowest BCUT2D eigenvalue weighted by atomic mass is 9.79. The molecular weight excluding hydrogens is 232 g/mol. The molecule has 5 heteroatoms. The van der Waals surface area contributed by atoms with Crippen LogP contribution >= 0.6 is 0 Å². The van der Waals surface area contributed by atoms with E-state index in [1.807, 2.05) is 13.0 Å². The van der Waals surface area contributed by atoms with E-state index in [4.69, 9.17) is 4.52 Å². The maximum absolute atomic E-state index is 11.1. The average Bonchev–Trinajstić information content (AvgIpc) is 2.75. The topological polar surface area (TPSA) is 75.4 Å². The molecule has 1 aromatic rings.